The van der Waals surface area contributed by atoms with Crippen molar-refractivity contribution in [1.82, 2.24) is 0 Å². The number of carbonyl (C=O) groups excluding carboxylic acids is 1. The van der Waals surface area contributed by atoms with E-state index >= 15 is 0 Å². The van der Waals surface area contributed by atoms with Gasteiger partial charge in [0, 0.05) is 11.5 Å². The molecule has 0 radical (unpaired) electrons. The van der Waals surface area contributed by atoms with Crippen molar-refractivity contribution in [3.05, 3.63) is 34.4 Å². The summed E-state index contributed by atoms with van der Waals surface area (Å²) < 4.78 is 0. The number of hydrogen-bond donors (Lipinski definition) is 0. The lowest BCUT2D eigenvalue weighted by atomic mass is 9.83. The van der Waals surface area contributed by atoms with Crippen LogP contribution >= 0.6 is 0 Å². The molecule has 19 heavy (non-hydrogen) atoms. The molecule has 1 nitrogen and oxygen atoms in total. The second kappa shape index (κ2) is 6.88. The van der Waals surface area contributed by atoms with Gasteiger partial charge in [-0.25, -0.2) is 0 Å². The normalized spacial score (nSPS) is 12.8. The van der Waals surface area contributed by atoms with Gasteiger partial charge in [0.25, 0.3) is 0 Å². The van der Waals surface area contributed by atoms with E-state index in [0.717, 1.165) is 24.8 Å². The van der Waals surface area contributed by atoms with E-state index in [1.807, 2.05) is 0 Å². The Bertz CT molecular complexity index is 418. The summed E-state index contributed by atoms with van der Waals surface area (Å²) in [6.45, 7) is 12.8. The second-order valence-electron chi connectivity index (χ2n) is 5.75. The molecule has 0 bridgehead atoms. The van der Waals surface area contributed by atoms with Crippen LogP contribution in [0.1, 0.15) is 68.6 Å². The van der Waals surface area contributed by atoms with E-state index in [2.05, 4.69) is 53.7 Å². The lowest BCUT2D eigenvalue weighted by Crippen LogP contribution is -2.20. The van der Waals surface area contributed by atoms with Crippen molar-refractivity contribution in [1.29, 1.82) is 0 Å². The van der Waals surface area contributed by atoms with Crippen molar-refractivity contribution in [2.75, 3.05) is 0 Å². The highest BCUT2D eigenvalue weighted by Crippen LogP contribution is 2.25. The molecule has 1 aromatic rings. The summed E-state index contributed by atoms with van der Waals surface area (Å²) in [4.78, 5) is 12.7. The standard InChI is InChI=1S/C18H28O/c1-7-14-10-15(8-2)17(16(9-3)11-14)18(19)13(6)12(4)5/h10-13H,7-9H2,1-6H3. The van der Waals surface area contributed by atoms with E-state index in [0.29, 0.717) is 11.7 Å². The van der Waals surface area contributed by atoms with Crippen LogP contribution in [-0.4, -0.2) is 5.78 Å². The first-order valence-electron chi connectivity index (χ1n) is 7.64. The molecule has 0 N–H and O–H groups in total. The maximum atomic E-state index is 12.7. The van der Waals surface area contributed by atoms with E-state index in [1.165, 1.54) is 16.7 Å². The van der Waals surface area contributed by atoms with E-state index < -0.39 is 0 Å². The molecule has 1 atom stereocenters. The largest absolute Gasteiger partial charge is 0.294 e. The van der Waals surface area contributed by atoms with Gasteiger partial charge < -0.3 is 0 Å². The molecule has 1 aromatic carbocycles. The van der Waals surface area contributed by atoms with Crippen LogP contribution in [0.25, 0.3) is 0 Å². The van der Waals surface area contributed by atoms with Gasteiger partial charge >= 0.3 is 0 Å². The first kappa shape index (κ1) is 15.9. The quantitative estimate of drug-likeness (QED) is 0.668. The first-order valence-corrected chi connectivity index (χ1v) is 7.64. The van der Waals surface area contributed by atoms with Crippen molar-refractivity contribution in [2.24, 2.45) is 11.8 Å². The Hall–Kier alpha value is -1.11. The van der Waals surface area contributed by atoms with Gasteiger partial charge in [0.05, 0.1) is 0 Å². The molecule has 0 spiro atoms. The maximum Gasteiger partial charge on any atom is 0.166 e. The SMILES string of the molecule is CCc1cc(CC)c(C(=O)C(C)C(C)C)c(CC)c1. The highest BCUT2D eigenvalue weighted by molar-refractivity contribution is 6.00. The smallest absolute Gasteiger partial charge is 0.166 e. The lowest BCUT2D eigenvalue weighted by Gasteiger charge is -2.20. The average Bonchev–Trinajstić information content (AvgIpc) is 2.43. The van der Waals surface area contributed by atoms with E-state index in [9.17, 15) is 4.79 Å². The minimum atomic E-state index is 0.100. The summed E-state index contributed by atoms with van der Waals surface area (Å²) in [6, 6.07) is 4.44. The minimum Gasteiger partial charge on any atom is -0.294 e. The number of aryl methyl sites for hydroxylation is 3. The Morgan fingerprint density at radius 1 is 0.947 bits per heavy atom. The third-order valence-corrected chi connectivity index (χ3v) is 4.19. The van der Waals surface area contributed by atoms with Crippen LogP contribution in [0.2, 0.25) is 0 Å². The summed E-state index contributed by atoms with van der Waals surface area (Å²) in [7, 11) is 0. The predicted octanol–water partition coefficient (Wildman–Crippen LogP) is 4.85. The molecule has 1 rings (SSSR count). The first-order chi connectivity index (χ1) is 8.96. The van der Waals surface area contributed by atoms with Gasteiger partial charge in [-0.1, -0.05) is 53.7 Å². The molecule has 0 saturated heterocycles. The van der Waals surface area contributed by atoms with Crippen LogP contribution in [0, 0.1) is 11.8 Å². The Morgan fingerprint density at radius 3 is 1.74 bits per heavy atom. The molecular formula is C18H28O. The summed E-state index contributed by atoms with van der Waals surface area (Å²) in [5.41, 5.74) is 4.81. The summed E-state index contributed by atoms with van der Waals surface area (Å²) in [6.07, 6.45) is 2.91. The summed E-state index contributed by atoms with van der Waals surface area (Å²) >= 11 is 0. The fraction of sp³-hybridized carbons (Fsp3) is 0.611. The molecule has 0 aromatic heterocycles. The third kappa shape index (κ3) is 3.46. The van der Waals surface area contributed by atoms with Crippen LogP contribution in [0.3, 0.4) is 0 Å². The highest BCUT2D eigenvalue weighted by Gasteiger charge is 2.23. The van der Waals surface area contributed by atoms with Crippen LogP contribution in [0.5, 0.6) is 0 Å². The molecular weight excluding hydrogens is 232 g/mol. The fourth-order valence-corrected chi connectivity index (χ4v) is 2.45. The van der Waals surface area contributed by atoms with Crippen LogP contribution in [0.4, 0.5) is 0 Å². The topological polar surface area (TPSA) is 17.1 Å². The minimum absolute atomic E-state index is 0.100. The van der Waals surface area contributed by atoms with Crippen molar-refractivity contribution in [3.63, 3.8) is 0 Å². The zero-order valence-corrected chi connectivity index (χ0v) is 13.3. The number of carbonyl (C=O) groups is 1. The molecule has 0 saturated carbocycles. The molecule has 0 aliphatic heterocycles. The molecule has 106 valence electrons. The van der Waals surface area contributed by atoms with E-state index in [-0.39, 0.29) is 5.92 Å². The number of Topliss-reactive ketones (excluding diaryl/α,β-unsaturated/α-hetero) is 1. The van der Waals surface area contributed by atoms with Crippen molar-refractivity contribution in [2.45, 2.75) is 60.8 Å². The Morgan fingerprint density at radius 2 is 1.42 bits per heavy atom. The monoisotopic (exact) mass is 260 g/mol. The molecule has 1 heteroatoms. The number of benzene rings is 1. The van der Waals surface area contributed by atoms with Crippen LogP contribution < -0.4 is 0 Å². The van der Waals surface area contributed by atoms with Crippen molar-refractivity contribution < 1.29 is 4.79 Å². The van der Waals surface area contributed by atoms with Gasteiger partial charge in [0.15, 0.2) is 5.78 Å². The van der Waals surface area contributed by atoms with Gasteiger partial charge in [-0.2, -0.15) is 0 Å². The summed E-state index contributed by atoms with van der Waals surface area (Å²) in [5, 5.41) is 0. The van der Waals surface area contributed by atoms with Crippen LogP contribution in [0.15, 0.2) is 12.1 Å². The zero-order chi connectivity index (χ0) is 14.6. The van der Waals surface area contributed by atoms with Gasteiger partial charge in [0.2, 0.25) is 0 Å². The predicted molar refractivity (Wildman–Crippen MR) is 82.9 cm³/mol. The van der Waals surface area contributed by atoms with Gasteiger partial charge in [-0.05, 0) is 41.9 Å². The molecule has 0 fully saturated rings. The Labute approximate surface area is 118 Å². The molecule has 0 amide bonds. The van der Waals surface area contributed by atoms with E-state index in [4.69, 9.17) is 0 Å². The Kier molecular flexibility index (Phi) is 5.78. The Balaban J connectivity index is 3.35. The van der Waals surface area contributed by atoms with Gasteiger partial charge in [-0.3, -0.25) is 4.79 Å². The number of ketones is 1. The maximum absolute atomic E-state index is 12.7. The van der Waals surface area contributed by atoms with Gasteiger partial charge in [-0.15, -0.1) is 0 Å². The lowest BCUT2D eigenvalue weighted by molar-refractivity contribution is 0.0898. The highest BCUT2D eigenvalue weighted by atomic mass is 16.1. The van der Waals surface area contributed by atoms with Gasteiger partial charge in [0.1, 0.15) is 0 Å². The number of rotatable bonds is 6. The second-order valence-corrected chi connectivity index (χ2v) is 5.75. The third-order valence-electron chi connectivity index (χ3n) is 4.19. The molecule has 0 heterocycles. The van der Waals surface area contributed by atoms with Crippen molar-refractivity contribution >= 4 is 5.78 Å². The summed E-state index contributed by atoms with van der Waals surface area (Å²) in [5.74, 6) is 0.821. The fourth-order valence-electron chi connectivity index (χ4n) is 2.45. The average molecular weight is 260 g/mol. The molecule has 0 aliphatic carbocycles. The van der Waals surface area contributed by atoms with Crippen LogP contribution in [-0.2, 0) is 19.3 Å². The molecule has 1 unspecified atom stereocenters. The number of hydrogen-bond acceptors (Lipinski definition) is 1. The van der Waals surface area contributed by atoms with E-state index in [1.54, 1.807) is 0 Å². The van der Waals surface area contributed by atoms with Crippen molar-refractivity contribution in [3.8, 4) is 0 Å². The zero-order valence-electron chi connectivity index (χ0n) is 13.3. The molecule has 0 aliphatic rings.